The fourth-order valence-corrected chi connectivity index (χ4v) is 3.08. The third-order valence-electron chi connectivity index (χ3n) is 4.10. The summed E-state index contributed by atoms with van der Waals surface area (Å²) in [5.41, 5.74) is 0.267. The summed E-state index contributed by atoms with van der Waals surface area (Å²) in [6, 6.07) is 5.42. The Hall–Kier alpha value is -2.68. The van der Waals surface area contributed by atoms with E-state index in [1.807, 2.05) is 0 Å². The average molecular weight is 418 g/mol. The number of hydrogen-bond donors (Lipinski definition) is 1. The number of carbonyl (C=O) groups is 1. The standard InChI is InChI=1S/C17H16BrN5O3/c18-12-8-11(9-19-10-12)16(24)20-5-6-22-17(25)23(13-3-4-13)15(21-22)14-2-1-7-26-14/h1-2,7-10,13H,3-6H2,(H,20,24). The molecule has 0 radical (unpaired) electrons. The first-order valence-corrected chi connectivity index (χ1v) is 9.05. The monoisotopic (exact) mass is 417 g/mol. The number of rotatable bonds is 6. The molecule has 0 bridgehead atoms. The molecule has 0 spiro atoms. The summed E-state index contributed by atoms with van der Waals surface area (Å²) in [6.45, 7) is 0.559. The van der Waals surface area contributed by atoms with E-state index < -0.39 is 0 Å². The van der Waals surface area contributed by atoms with Crippen LogP contribution in [0.5, 0.6) is 0 Å². The van der Waals surface area contributed by atoms with Crippen molar-refractivity contribution in [2.45, 2.75) is 25.4 Å². The molecular formula is C17H16BrN5O3. The minimum Gasteiger partial charge on any atom is -0.461 e. The highest BCUT2D eigenvalue weighted by molar-refractivity contribution is 9.10. The van der Waals surface area contributed by atoms with Crippen molar-refractivity contribution in [1.29, 1.82) is 0 Å². The summed E-state index contributed by atoms with van der Waals surface area (Å²) in [7, 11) is 0. The Bertz CT molecular complexity index is 988. The third kappa shape index (κ3) is 3.34. The minimum atomic E-state index is -0.250. The third-order valence-corrected chi connectivity index (χ3v) is 4.53. The molecule has 1 fully saturated rings. The van der Waals surface area contributed by atoms with Crippen molar-refractivity contribution in [3.8, 4) is 11.6 Å². The SMILES string of the molecule is O=C(NCCn1nc(-c2ccco2)n(C2CC2)c1=O)c1cncc(Br)c1. The molecule has 3 heterocycles. The summed E-state index contributed by atoms with van der Waals surface area (Å²) < 4.78 is 9.18. The van der Waals surface area contributed by atoms with Gasteiger partial charge < -0.3 is 9.73 Å². The second kappa shape index (κ2) is 6.91. The van der Waals surface area contributed by atoms with Gasteiger partial charge >= 0.3 is 5.69 Å². The average Bonchev–Trinajstić information content (AvgIpc) is 3.20. The molecule has 3 aromatic rings. The molecule has 9 heteroatoms. The van der Waals surface area contributed by atoms with Gasteiger partial charge in [-0.2, -0.15) is 0 Å². The van der Waals surface area contributed by atoms with Crippen LogP contribution in [0.4, 0.5) is 0 Å². The molecular weight excluding hydrogens is 402 g/mol. The summed E-state index contributed by atoms with van der Waals surface area (Å²) in [5, 5.41) is 7.18. The number of nitrogens with zero attached hydrogens (tertiary/aromatic N) is 4. The van der Waals surface area contributed by atoms with Crippen LogP contribution >= 0.6 is 15.9 Å². The molecule has 0 aromatic carbocycles. The molecule has 8 nitrogen and oxygen atoms in total. The Morgan fingerprint density at radius 1 is 1.38 bits per heavy atom. The van der Waals surface area contributed by atoms with Crippen molar-refractivity contribution in [1.82, 2.24) is 24.6 Å². The lowest BCUT2D eigenvalue weighted by atomic mass is 10.3. The second-order valence-electron chi connectivity index (χ2n) is 6.06. The molecule has 1 aliphatic rings. The van der Waals surface area contributed by atoms with Crippen LogP contribution in [0, 0.1) is 0 Å². The number of hydrogen-bond acceptors (Lipinski definition) is 5. The lowest BCUT2D eigenvalue weighted by Gasteiger charge is -2.04. The van der Waals surface area contributed by atoms with E-state index in [0.717, 1.165) is 17.3 Å². The quantitative estimate of drug-likeness (QED) is 0.663. The zero-order valence-corrected chi connectivity index (χ0v) is 15.3. The number of halogens is 1. The maximum atomic E-state index is 12.6. The zero-order valence-electron chi connectivity index (χ0n) is 13.8. The van der Waals surface area contributed by atoms with Crippen LogP contribution < -0.4 is 11.0 Å². The first kappa shape index (κ1) is 16.8. The molecule has 0 saturated heterocycles. The number of nitrogens with one attached hydrogen (secondary N) is 1. The van der Waals surface area contributed by atoms with E-state index in [2.05, 4.69) is 31.3 Å². The van der Waals surface area contributed by atoms with Gasteiger partial charge in [-0.15, -0.1) is 5.10 Å². The van der Waals surface area contributed by atoms with Gasteiger partial charge in [0.05, 0.1) is 18.4 Å². The van der Waals surface area contributed by atoms with Crippen molar-refractivity contribution in [2.24, 2.45) is 0 Å². The number of carbonyl (C=O) groups excluding carboxylic acids is 1. The van der Waals surface area contributed by atoms with Crippen LogP contribution in [0.3, 0.4) is 0 Å². The van der Waals surface area contributed by atoms with E-state index in [4.69, 9.17) is 4.42 Å². The van der Waals surface area contributed by atoms with E-state index in [1.165, 1.54) is 10.9 Å². The van der Waals surface area contributed by atoms with Gasteiger partial charge in [0.2, 0.25) is 5.82 Å². The van der Waals surface area contributed by atoms with Crippen molar-refractivity contribution < 1.29 is 9.21 Å². The van der Waals surface area contributed by atoms with Gasteiger partial charge in [0.25, 0.3) is 5.91 Å². The van der Waals surface area contributed by atoms with Gasteiger partial charge in [-0.05, 0) is 47.0 Å². The molecule has 1 saturated carbocycles. The first-order valence-electron chi connectivity index (χ1n) is 8.25. The highest BCUT2D eigenvalue weighted by atomic mass is 79.9. The summed E-state index contributed by atoms with van der Waals surface area (Å²) in [6.07, 6.45) is 6.58. The van der Waals surface area contributed by atoms with Gasteiger partial charge in [0.1, 0.15) is 0 Å². The van der Waals surface area contributed by atoms with E-state index >= 15 is 0 Å². The largest absolute Gasteiger partial charge is 0.461 e. The normalized spacial score (nSPS) is 13.7. The summed E-state index contributed by atoms with van der Waals surface area (Å²) in [4.78, 5) is 28.8. The summed E-state index contributed by atoms with van der Waals surface area (Å²) in [5.74, 6) is 0.849. The molecule has 0 atom stereocenters. The Kier molecular flexibility index (Phi) is 4.46. The van der Waals surface area contributed by atoms with Crippen molar-refractivity contribution in [2.75, 3.05) is 6.54 Å². The zero-order chi connectivity index (χ0) is 18.1. The predicted octanol–water partition coefficient (Wildman–Crippen LogP) is 2.23. The van der Waals surface area contributed by atoms with Crippen LogP contribution in [0.15, 0.2) is 50.5 Å². The molecule has 1 aliphatic carbocycles. The van der Waals surface area contributed by atoms with Gasteiger partial charge in [-0.1, -0.05) is 0 Å². The van der Waals surface area contributed by atoms with Crippen molar-refractivity contribution in [3.63, 3.8) is 0 Å². The Morgan fingerprint density at radius 2 is 2.23 bits per heavy atom. The number of pyridine rings is 1. The molecule has 1 amide bonds. The predicted molar refractivity (Wildman–Crippen MR) is 96.7 cm³/mol. The first-order chi connectivity index (χ1) is 12.6. The van der Waals surface area contributed by atoms with Gasteiger partial charge in [-0.25, -0.2) is 9.48 Å². The van der Waals surface area contributed by atoms with Crippen LogP contribution in [0.1, 0.15) is 29.2 Å². The molecule has 0 aliphatic heterocycles. The lowest BCUT2D eigenvalue weighted by molar-refractivity contribution is 0.0951. The molecule has 1 N–H and O–H groups in total. The fraction of sp³-hybridized carbons (Fsp3) is 0.294. The second-order valence-corrected chi connectivity index (χ2v) is 6.97. The number of aromatic nitrogens is 4. The molecule has 4 rings (SSSR count). The molecule has 3 aromatic heterocycles. The van der Waals surface area contributed by atoms with E-state index in [-0.39, 0.29) is 30.7 Å². The van der Waals surface area contributed by atoms with Crippen molar-refractivity contribution in [3.05, 3.63) is 57.4 Å². The lowest BCUT2D eigenvalue weighted by Crippen LogP contribution is -2.32. The highest BCUT2D eigenvalue weighted by Crippen LogP contribution is 2.36. The van der Waals surface area contributed by atoms with Crippen molar-refractivity contribution >= 4 is 21.8 Å². The van der Waals surface area contributed by atoms with Gasteiger partial charge in [0.15, 0.2) is 5.76 Å². The molecule has 0 unspecified atom stereocenters. The van der Waals surface area contributed by atoms with E-state index in [1.54, 1.807) is 35.2 Å². The Balaban J connectivity index is 1.48. The number of furan rings is 1. The minimum absolute atomic E-state index is 0.179. The van der Waals surface area contributed by atoms with E-state index in [0.29, 0.717) is 17.1 Å². The molecule has 26 heavy (non-hydrogen) atoms. The highest BCUT2D eigenvalue weighted by Gasteiger charge is 2.31. The Morgan fingerprint density at radius 3 is 2.92 bits per heavy atom. The van der Waals surface area contributed by atoms with Gasteiger partial charge in [0, 0.05) is 29.5 Å². The maximum Gasteiger partial charge on any atom is 0.346 e. The Labute approximate surface area is 157 Å². The topological polar surface area (TPSA) is 95.0 Å². The smallest absolute Gasteiger partial charge is 0.346 e. The summed E-state index contributed by atoms with van der Waals surface area (Å²) >= 11 is 3.28. The van der Waals surface area contributed by atoms with Gasteiger partial charge in [-0.3, -0.25) is 14.3 Å². The molecule has 134 valence electrons. The van der Waals surface area contributed by atoms with Crippen LogP contribution in [-0.2, 0) is 6.54 Å². The van der Waals surface area contributed by atoms with E-state index in [9.17, 15) is 9.59 Å². The fourth-order valence-electron chi connectivity index (χ4n) is 2.71. The van der Waals surface area contributed by atoms with Crippen LogP contribution in [0.25, 0.3) is 11.6 Å². The maximum absolute atomic E-state index is 12.6. The number of amides is 1. The van der Waals surface area contributed by atoms with Crippen LogP contribution in [-0.4, -0.2) is 31.8 Å². The van der Waals surface area contributed by atoms with Crippen LogP contribution in [0.2, 0.25) is 0 Å².